The standard InChI is InChI=1S/C26H28N2O4S/c1-17(27-26(30)18-8-5-4-6-9-18)14-24(29)28-12-11-19-15-21(31-2)22(32-3)16-20(19)25(28)23-10-7-13-33-23/h4-10,13,15-17,25H,11-12,14H2,1-3H3,(H,27,30). The van der Waals surface area contributed by atoms with Gasteiger partial charge in [-0.2, -0.15) is 0 Å². The van der Waals surface area contributed by atoms with Gasteiger partial charge in [-0.05, 0) is 60.2 Å². The van der Waals surface area contributed by atoms with Gasteiger partial charge in [-0.1, -0.05) is 24.3 Å². The molecule has 2 atom stereocenters. The molecule has 0 radical (unpaired) electrons. The van der Waals surface area contributed by atoms with Gasteiger partial charge in [-0.15, -0.1) is 11.3 Å². The predicted molar refractivity (Wildman–Crippen MR) is 129 cm³/mol. The third-order valence-electron chi connectivity index (χ3n) is 5.90. The molecule has 7 heteroatoms. The molecule has 1 N–H and O–H groups in total. The van der Waals surface area contributed by atoms with Gasteiger partial charge in [0.2, 0.25) is 5.91 Å². The third-order valence-corrected chi connectivity index (χ3v) is 6.83. The first-order valence-electron chi connectivity index (χ1n) is 11.0. The average molecular weight is 465 g/mol. The fourth-order valence-electron chi connectivity index (χ4n) is 4.30. The van der Waals surface area contributed by atoms with Crippen molar-refractivity contribution in [2.24, 2.45) is 0 Å². The van der Waals surface area contributed by atoms with E-state index in [1.165, 1.54) is 0 Å². The van der Waals surface area contributed by atoms with Crippen molar-refractivity contribution in [1.29, 1.82) is 0 Å². The topological polar surface area (TPSA) is 67.9 Å². The van der Waals surface area contributed by atoms with Crippen LogP contribution in [0.15, 0.2) is 60.0 Å². The quantitative estimate of drug-likeness (QED) is 0.561. The number of nitrogens with one attached hydrogen (secondary N) is 1. The van der Waals surface area contributed by atoms with E-state index >= 15 is 0 Å². The van der Waals surface area contributed by atoms with E-state index in [-0.39, 0.29) is 30.3 Å². The molecule has 2 heterocycles. The van der Waals surface area contributed by atoms with Crippen molar-refractivity contribution in [2.45, 2.75) is 31.8 Å². The highest BCUT2D eigenvalue weighted by molar-refractivity contribution is 7.10. The van der Waals surface area contributed by atoms with E-state index in [2.05, 4.69) is 11.4 Å². The van der Waals surface area contributed by atoms with Gasteiger partial charge in [0.15, 0.2) is 11.5 Å². The molecule has 0 saturated carbocycles. The Labute approximate surface area is 198 Å². The number of methoxy groups -OCH3 is 2. The minimum Gasteiger partial charge on any atom is -0.493 e. The van der Waals surface area contributed by atoms with Crippen LogP contribution in [-0.4, -0.2) is 43.5 Å². The second-order valence-corrected chi connectivity index (χ2v) is 9.09. The third kappa shape index (κ3) is 4.88. The number of fused-ring (bicyclic) bond motifs is 1. The summed E-state index contributed by atoms with van der Waals surface area (Å²) in [5.74, 6) is 1.18. The average Bonchev–Trinajstić information content (AvgIpc) is 3.37. The number of rotatable bonds is 7. The highest BCUT2D eigenvalue weighted by Crippen LogP contribution is 2.42. The van der Waals surface area contributed by atoms with Gasteiger partial charge in [-0.3, -0.25) is 9.59 Å². The summed E-state index contributed by atoms with van der Waals surface area (Å²) < 4.78 is 11.0. The van der Waals surface area contributed by atoms with Gasteiger partial charge in [-0.25, -0.2) is 0 Å². The van der Waals surface area contributed by atoms with Crippen LogP contribution >= 0.6 is 11.3 Å². The van der Waals surface area contributed by atoms with Crippen LogP contribution < -0.4 is 14.8 Å². The van der Waals surface area contributed by atoms with Crippen LogP contribution in [-0.2, 0) is 11.2 Å². The number of nitrogens with zero attached hydrogens (tertiary/aromatic N) is 1. The lowest BCUT2D eigenvalue weighted by Crippen LogP contribution is -2.43. The van der Waals surface area contributed by atoms with Crippen molar-refractivity contribution in [2.75, 3.05) is 20.8 Å². The van der Waals surface area contributed by atoms with Crippen molar-refractivity contribution in [3.05, 3.63) is 81.5 Å². The molecule has 172 valence electrons. The first-order chi connectivity index (χ1) is 16.0. The summed E-state index contributed by atoms with van der Waals surface area (Å²) in [6.07, 6.45) is 0.955. The molecule has 2 amide bonds. The van der Waals surface area contributed by atoms with Crippen molar-refractivity contribution in [3.8, 4) is 11.5 Å². The number of hydrogen-bond donors (Lipinski definition) is 1. The van der Waals surface area contributed by atoms with E-state index in [0.717, 1.165) is 22.4 Å². The fraction of sp³-hybridized carbons (Fsp3) is 0.308. The van der Waals surface area contributed by atoms with E-state index in [1.54, 1.807) is 37.7 Å². The molecule has 2 aromatic carbocycles. The lowest BCUT2D eigenvalue weighted by atomic mass is 9.90. The SMILES string of the molecule is COc1cc2c(cc1OC)C(c1cccs1)N(C(=O)CC(C)NC(=O)c1ccccc1)CC2. The Morgan fingerprint density at radius 1 is 1.09 bits per heavy atom. The summed E-state index contributed by atoms with van der Waals surface area (Å²) in [6.45, 7) is 2.47. The van der Waals surface area contributed by atoms with Crippen LogP contribution in [0, 0.1) is 0 Å². The number of carbonyl (C=O) groups is 2. The van der Waals surface area contributed by atoms with E-state index in [9.17, 15) is 9.59 Å². The van der Waals surface area contributed by atoms with Gasteiger partial charge in [0.05, 0.1) is 20.3 Å². The first kappa shape index (κ1) is 22.9. The fourth-order valence-corrected chi connectivity index (χ4v) is 5.15. The van der Waals surface area contributed by atoms with Crippen LogP contribution in [0.3, 0.4) is 0 Å². The minimum absolute atomic E-state index is 0.00898. The summed E-state index contributed by atoms with van der Waals surface area (Å²) >= 11 is 1.63. The van der Waals surface area contributed by atoms with Gasteiger partial charge < -0.3 is 19.7 Å². The maximum atomic E-state index is 13.4. The molecule has 0 aliphatic carbocycles. The minimum atomic E-state index is -0.291. The molecule has 1 aliphatic heterocycles. The zero-order valence-electron chi connectivity index (χ0n) is 19.0. The molecule has 0 fully saturated rings. The molecule has 0 saturated heterocycles. The molecule has 0 bridgehead atoms. The Hall–Kier alpha value is -3.32. The summed E-state index contributed by atoms with van der Waals surface area (Å²) in [5, 5.41) is 4.97. The highest BCUT2D eigenvalue weighted by atomic mass is 32.1. The van der Waals surface area contributed by atoms with Gasteiger partial charge in [0, 0.05) is 29.4 Å². The lowest BCUT2D eigenvalue weighted by molar-refractivity contribution is -0.133. The molecule has 2 unspecified atom stereocenters. The zero-order chi connectivity index (χ0) is 23.4. The van der Waals surface area contributed by atoms with Crippen molar-refractivity contribution in [1.82, 2.24) is 10.2 Å². The van der Waals surface area contributed by atoms with Crippen molar-refractivity contribution in [3.63, 3.8) is 0 Å². The van der Waals surface area contributed by atoms with E-state index in [1.807, 2.05) is 53.6 Å². The van der Waals surface area contributed by atoms with Gasteiger partial charge in [0.1, 0.15) is 0 Å². The Morgan fingerprint density at radius 3 is 2.48 bits per heavy atom. The number of ether oxygens (including phenoxy) is 2. The predicted octanol–water partition coefficient (Wildman–Crippen LogP) is 4.45. The van der Waals surface area contributed by atoms with Gasteiger partial charge in [0.25, 0.3) is 5.91 Å². The van der Waals surface area contributed by atoms with Crippen LogP contribution in [0.1, 0.15) is 45.7 Å². The normalized spacial score (nSPS) is 16.0. The van der Waals surface area contributed by atoms with Crippen LogP contribution in [0.25, 0.3) is 0 Å². The Morgan fingerprint density at radius 2 is 1.82 bits per heavy atom. The number of thiophene rings is 1. The van der Waals surface area contributed by atoms with Crippen LogP contribution in [0.5, 0.6) is 11.5 Å². The molecular weight excluding hydrogens is 436 g/mol. The molecule has 6 nitrogen and oxygen atoms in total. The van der Waals surface area contributed by atoms with Crippen molar-refractivity contribution < 1.29 is 19.1 Å². The molecule has 0 spiro atoms. The molecule has 1 aromatic heterocycles. The zero-order valence-corrected chi connectivity index (χ0v) is 19.9. The molecule has 1 aliphatic rings. The maximum Gasteiger partial charge on any atom is 0.251 e. The Balaban J connectivity index is 1.56. The second kappa shape index (κ2) is 10.1. The monoisotopic (exact) mass is 464 g/mol. The number of benzene rings is 2. The molecular formula is C26H28N2O4S. The first-order valence-corrected chi connectivity index (χ1v) is 11.8. The number of amides is 2. The maximum absolute atomic E-state index is 13.4. The van der Waals surface area contributed by atoms with E-state index in [0.29, 0.717) is 23.6 Å². The number of carbonyl (C=O) groups excluding carboxylic acids is 2. The number of hydrogen-bond acceptors (Lipinski definition) is 5. The van der Waals surface area contributed by atoms with Crippen LogP contribution in [0.2, 0.25) is 0 Å². The molecule has 33 heavy (non-hydrogen) atoms. The Kier molecular flexibility index (Phi) is 6.99. The largest absolute Gasteiger partial charge is 0.493 e. The molecule has 4 rings (SSSR count). The lowest BCUT2D eigenvalue weighted by Gasteiger charge is -2.38. The van der Waals surface area contributed by atoms with E-state index < -0.39 is 0 Å². The van der Waals surface area contributed by atoms with E-state index in [4.69, 9.17) is 9.47 Å². The van der Waals surface area contributed by atoms with Gasteiger partial charge >= 0.3 is 0 Å². The Bertz CT molecular complexity index is 1110. The van der Waals surface area contributed by atoms with Crippen molar-refractivity contribution >= 4 is 23.2 Å². The second-order valence-electron chi connectivity index (χ2n) is 8.11. The molecule has 3 aromatic rings. The van der Waals surface area contributed by atoms with Crippen LogP contribution in [0.4, 0.5) is 0 Å². The highest BCUT2D eigenvalue weighted by Gasteiger charge is 2.34. The summed E-state index contributed by atoms with van der Waals surface area (Å²) in [6, 6.07) is 16.6. The summed E-state index contributed by atoms with van der Waals surface area (Å²) in [4.78, 5) is 29.0. The summed E-state index contributed by atoms with van der Waals surface area (Å²) in [5.41, 5.74) is 2.79. The summed E-state index contributed by atoms with van der Waals surface area (Å²) in [7, 11) is 3.25. The smallest absolute Gasteiger partial charge is 0.251 e.